The molecular weight excluding hydrogens is 809 g/mol. The number of ether oxygens (including phenoxy) is 9. The van der Waals surface area contributed by atoms with Crippen molar-refractivity contribution in [3.05, 3.63) is 215 Å². The smallest absolute Gasteiger partial charge is 0.184 e. The number of hydrogen-bond acceptors (Lipinski definition) is 10. The van der Waals surface area contributed by atoms with E-state index in [1.807, 2.05) is 182 Å². The fourth-order valence-corrected chi connectivity index (χ4v) is 8.04. The Hall–Kier alpha value is -5.08. The van der Waals surface area contributed by atoms with E-state index >= 15 is 0 Å². The van der Waals surface area contributed by atoms with Crippen LogP contribution in [0.15, 0.2) is 182 Å². The first-order valence-electron chi connectivity index (χ1n) is 22.1. The summed E-state index contributed by atoms with van der Waals surface area (Å²) >= 11 is 0. The van der Waals surface area contributed by atoms with Crippen LogP contribution in [0.3, 0.4) is 0 Å². The van der Waals surface area contributed by atoms with Gasteiger partial charge in [-0.25, -0.2) is 0 Å². The van der Waals surface area contributed by atoms with Gasteiger partial charge in [0.25, 0.3) is 0 Å². The molecule has 2 aliphatic rings. The van der Waals surface area contributed by atoms with E-state index in [-0.39, 0.29) is 26.4 Å². The summed E-state index contributed by atoms with van der Waals surface area (Å²) in [7, 11) is 0. The van der Waals surface area contributed by atoms with Crippen molar-refractivity contribution in [2.24, 2.45) is 0 Å². The normalized spacial score (nSPS) is 24.6. The summed E-state index contributed by atoms with van der Waals surface area (Å²) in [6.07, 6.45) is -6.78. The number of aliphatic hydroxyl groups is 1. The van der Waals surface area contributed by atoms with Crippen LogP contribution in [0.5, 0.6) is 0 Å². The van der Waals surface area contributed by atoms with Crippen molar-refractivity contribution in [1.82, 2.24) is 0 Å². The predicted molar refractivity (Wildman–Crippen MR) is 241 cm³/mol. The second kappa shape index (κ2) is 24.3. The van der Waals surface area contributed by atoms with Crippen LogP contribution in [0.4, 0.5) is 0 Å². The molecule has 0 aliphatic carbocycles. The van der Waals surface area contributed by atoms with Gasteiger partial charge in [0.15, 0.2) is 12.6 Å². The zero-order valence-corrected chi connectivity index (χ0v) is 36.0. The Bertz CT molecular complexity index is 2170. The molecule has 0 radical (unpaired) electrons. The largest absolute Gasteiger partial charge is 0.374 e. The van der Waals surface area contributed by atoms with Crippen molar-refractivity contribution < 1.29 is 47.7 Å². The Morgan fingerprint density at radius 2 is 0.719 bits per heavy atom. The lowest BCUT2D eigenvalue weighted by Gasteiger charge is -2.47. The van der Waals surface area contributed by atoms with Gasteiger partial charge in [-0.15, -0.1) is 0 Å². The molecule has 6 aromatic carbocycles. The van der Waals surface area contributed by atoms with Crippen LogP contribution < -0.4 is 0 Å². The molecule has 334 valence electrons. The Labute approximate surface area is 376 Å². The molecule has 0 saturated carbocycles. The molecule has 6 aromatic rings. The van der Waals surface area contributed by atoms with Gasteiger partial charge in [0.05, 0.1) is 59.0 Å². The fraction of sp³-hybridized carbons (Fsp3) is 0.333. The zero-order valence-electron chi connectivity index (χ0n) is 36.0. The molecule has 2 heterocycles. The van der Waals surface area contributed by atoms with Gasteiger partial charge in [0.2, 0.25) is 0 Å². The number of rotatable bonds is 22. The van der Waals surface area contributed by atoms with Crippen LogP contribution in [-0.4, -0.2) is 73.6 Å². The monoisotopic (exact) mass is 866 g/mol. The molecule has 0 aromatic heterocycles. The average Bonchev–Trinajstić information content (AvgIpc) is 3.35. The molecule has 10 nitrogen and oxygen atoms in total. The van der Waals surface area contributed by atoms with Crippen LogP contribution in [0.1, 0.15) is 39.8 Å². The Balaban J connectivity index is 1.09. The zero-order chi connectivity index (χ0) is 43.6. The van der Waals surface area contributed by atoms with Crippen LogP contribution in [0.25, 0.3) is 0 Å². The van der Waals surface area contributed by atoms with Gasteiger partial charge >= 0.3 is 0 Å². The van der Waals surface area contributed by atoms with E-state index in [1.54, 1.807) is 0 Å². The first kappa shape index (κ1) is 45.5. The highest BCUT2D eigenvalue weighted by atomic mass is 16.7. The summed E-state index contributed by atoms with van der Waals surface area (Å²) in [4.78, 5) is 0. The van der Waals surface area contributed by atoms with E-state index < -0.39 is 55.3 Å². The summed E-state index contributed by atoms with van der Waals surface area (Å²) in [5, 5.41) is 11.7. The van der Waals surface area contributed by atoms with Gasteiger partial charge in [-0.3, -0.25) is 0 Å². The standard InChI is InChI=1S/C54H58O10/c55-54-53(61-37-45-29-17-6-18-30-45)52(60-36-44-27-15-5-16-28-44)51(48(63-54)39-57-33-41-21-9-2-10-22-41)64-49-31-46(58-34-42-23-11-3-12-24-42)50(59-35-43-25-13-4-14-26-43)47(62-49)38-56-32-40-19-7-1-8-20-40/h1-30,46-55H,31-39H2/t46-,47-,48-,49-,50-,51-,52+,53-,54+/m1/s1. The van der Waals surface area contributed by atoms with Gasteiger partial charge < -0.3 is 47.7 Å². The van der Waals surface area contributed by atoms with Crippen molar-refractivity contribution in [1.29, 1.82) is 0 Å². The third-order valence-corrected chi connectivity index (χ3v) is 11.4. The lowest BCUT2D eigenvalue weighted by molar-refractivity contribution is -0.352. The summed E-state index contributed by atoms with van der Waals surface area (Å²) in [6.45, 7) is 2.19. The molecule has 64 heavy (non-hydrogen) atoms. The molecule has 2 saturated heterocycles. The number of benzene rings is 6. The van der Waals surface area contributed by atoms with E-state index in [9.17, 15) is 5.11 Å². The molecule has 1 N–H and O–H groups in total. The second-order valence-corrected chi connectivity index (χ2v) is 16.1. The third kappa shape index (κ3) is 13.5. The van der Waals surface area contributed by atoms with Gasteiger partial charge in [-0.1, -0.05) is 182 Å². The van der Waals surface area contributed by atoms with Crippen LogP contribution in [-0.2, 0) is 82.3 Å². The molecular formula is C54H58O10. The molecule has 0 spiro atoms. The van der Waals surface area contributed by atoms with Gasteiger partial charge in [-0.05, 0) is 33.4 Å². The summed E-state index contributed by atoms with van der Waals surface area (Å²) in [5.74, 6) is 0. The molecule has 8 rings (SSSR count). The van der Waals surface area contributed by atoms with Gasteiger partial charge in [0, 0.05) is 6.42 Å². The van der Waals surface area contributed by atoms with Crippen LogP contribution >= 0.6 is 0 Å². The van der Waals surface area contributed by atoms with Crippen molar-refractivity contribution in [3.63, 3.8) is 0 Å². The van der Waals surface area contributed by atoms with Crippen molar-refractivity contribution >= 4 is 0 Å². The van der Waals surface area contributed by atoms with Crippen molar-refractivity contribution in [2.75, 3.05) is 13.2 Å². The van der Waals surface area contributed by atoms with E-state index in [2.05, 4.69) is 0 Å². The third-order valence-electron chi connectivity index (χ3n) is 11.4. The highest BCUT2D eigenvalue weighted by molar-refractivity contribution is 5.18. The first-order chi connectivity index (χ1) is 31.6. The van der Waals surface area contributed by atoms with Crippen molar-refractivity contribution in [3.8, 4) is 0 Å². The Morgan fingerprint density at radius 1 is 0.375 bits per heavy atom. The fourth-order valence-electron chi connectivity index (χ4n) is 8.04. The maximum Gasteiger partial charge on any atom is 0.184 e. The SMILES string of the molecule is O[C@H]1O[C@H](COCc2ccccc2)[C@@H](O[C@@H]2C[C@@H](OCc3ccccc3)[C@@H](OCc3ccccc3)[C@@H](COCc3ccccc3)O2)[C@H](OCc2ccccc2)[C@H]1OCc1ccccc1. The predicted octanol–water partition coefficient (Wildman–Crippen LogP) is 8.98. The summed E-state index contributed by atoms with van der Waals surface area (Å²) < 4.78 is 60.0. The van der Waals surface area contributed by atoms with E-state index in [0.29, 0.717) is 32.8 Å². The Kier molecular flexibility index (Phi) is 17.3. The van der Waals surface area contributed by atoms with Gasteiger partial charge in [0.1, 0.15) is 36.6 Å². The number of hydrogen-bond donors (Lipinski definition) is 1. The molecule has 0 amide bonds. The molecule has 2 aliphatic heterocycles. The first-order valence-corrected chi connectivity index (χ1v) is 22.1. The lowest BCUT2D eigenvalue weighted by Crippen LogP contribution is -2.63. The molecule has 0 bridgehead atoms. The highest BCUT2D eigenvalue weighted by Crippen LogP contribution is 2.35. The van der Waals surface area contributed by atoms with Crippen LogP contribution in [0.2, 0.25) is 0 Å². The Morgan fingerprint density at radius 3 is 1.14 bits per heavy atom. The van der Waals surface area contributed by atoms with Gasteiger partial charge in [-0.2, -0.15) is 0 Å². The van der Waals surface area contributed by atoms with E-state index in [4.69, 9.17) is 42.6 Å². The summed E-state index contributed by atoms with van der Waals surface area (Å²) in [5.41, 5.74) is 6.01. The molecule has 10 heteroatoms. The lowest BCUT2D eigenvalue weighted by atomic mass is 9.97. The van der Waals surface area contributed by atoms with E-state index in [1.165, 1.54) is 0 Å². The second-order valence-electron chi connectivity index (χ2n) is 16.1. The van der Waals surface area contributed by atoms with Crippen molar-refractivity contribution in [2.45, 2.75) is 101 Å². The minimum atomic E-state index is -1.35. The average molecular weight is 867 g/mol. The highest BCUT2D eigenvalue weighted by Gasteiger charge is 2.51. The minimum absolute atomic E-state index is 0.0975. The summed E-state index contributed by atoms with van der Waals surface area (Å²) in [6, 6.07) is 59.8. The molecule has 9 atom stereocenters. The maximum atomic E-state index is 11.7. The number of aliphatic hydroxyl groups excluding tert-OH is 1. The van der Waals surface area contributed by atoms with Crippen LogP contribution in [0, 0.1) is 0 Å². The molecule has 2 fully saturated rings. The topological polar surface area (TPSA) is 103 Å². The maximum absolute atomic E-state index is 11.7. The quantitative estimate of drug-likeness (QED) is 0.0712. The van der Waals surface area contributed by atoms with E-state index in [0.717, 1.165) is 33.4 Å². The minimum Gasteiger partial charge on any atom is -0.374 e. The molecule has 0 unspecified atom stereocenters.